The van der Waals surface area contributed by atoms with Gasteiger partial charge >= 0.3 is 5.97 Å². The van der Waals surface area contributed by atoms with Crippen LogP contribution in [0.1, 0.15) is 21.8 Å². The minimum atomic E-state index is -3.73. The van der Waals surface area contributed by atoms with E-state index < -0.39 is 16.0 Å². The molecule has 1 aliphatic rings. The number of hydrogen-bond acceptors (Lipinski definition) is 7. The summed E-state index contributed by atoms with van der Waals surface area (Å²) in [5.41, 5.74) is 1.57. The first-order valence-corrected chi connectivity index (χ1v) is 11.2. The first kappa shape index (κ1) is 21.2. The molecule has 1 fully saturated rings. The number of ether oxygens (including phenoxy) is 2. The fraction of sp³-hybridized carbons (Fsp3) is 0.273. The zero-order chi connectivity index (χ0) is 21.8. The predicted octanol–water partition coefficient (Wildman–Crippen LogP) is 3.03. The topological polar surface area (TPSA) is 98.9 Å². The van der Waals surface area contributed by atoms with Gasteiger partial charge in [-0.2, -0.15) is 4.31 Å². The van der Waals surface area contributed by atoms with Gasteiger partial charge in [0.1, 0.15) is 0 Å². The maximum absolute atomic E-state index is 13.0. The molecule has 1 saturated heterocycles. The summed E-state index contributed by atoms with van der Waals surface area (Å²) in [5.74, 6) is 0.166. The maximum Gasteiger partial charge on any atom is 0.338 e. The zero-order valence-electron chi connectivity index (χ0n) is 17.0. The van der Waals surface area contributed by atoms with E-state index in [0.29, 0.717) is 24.5 Å². The molecule has 4 rings (SSSR count). The first-order valence-electron chi connectivity index (χ1n) is 9.81. The molecule has 1 aromatic heterocycles. The van der Waals surface area contributed by atoms with Crippen molar-refractivity contribution >= 4 is 16.0 Å². The molecule has 0 atom stereocenters. The number of esters is 1. The lowest BCUT2D eigenvalue weighted by molar-refractivity contribution is 0.0438. The Morgan fingerprint density at radius 3 is 2.61 bits per heavy atom. The van der Waals surface area contributed by atoms with Crippen LogP contribution in [0.25, 0.3) is 11.3 Å². The molecule has 0 aliphatic carbocycles. The number of oxazole rings is 1. The number of rotatable bonds is 6. The van der Waals surface area contributed by atoms with Gasteiger partial charge in [0, 0.05) is 18.7 Å². The van der Waals surface area contributed by atoms with Gasteiger partial charge in [0.15, 0.2) is 12.4 Å². The molecule has 2 heterocycles. The van der Waals surface area contributed by atoms with E-state index in [1.807, 2.05) is 30.3 Å². The number of carbonyl (C=O) groups excluding carboxylic acids is 1. The van der Waals surface area contributed by atoms with Crippen LogP contribution < -0.4 is 0 Å². The number of aryl methyl sites for hydroxylation is 1. The molecule has 0 radical (unpaired) electrons. The van der Waals surface area contributed by atoms with Gasteiger partial charge in [-0.1, -0.05) is 36.4 Å². The van der Waals surface area contributed by atoms with Crippen LogP contribution in [-0.4, -0.2) is 50.0 Å². The second-order valence-electron chi connectivity index (χ2n) is 7.06. The van der Waals surface area contributed by atoms with Crippen LogP contribution in [0.2, 0.25) is 0 Å². The van der Waals surface area contributed by atoms with Crippen molar-refractivity contribution in [2.45, 2.75) is 18.4 Å². The summed E-state index contributed by atoms with van der Waals surface area (Å²) >= 11 is 0. The second kappa shape index (κ2) is 9.01. The van der Waals surface area contributed by atoms with E-state index in [-0.39, 0.29) is 36.0 Å². The number of nitrogens with zero attached hydrogens (tertiary/aromatic N) is 2. The van der Waals surface area contributed by atoms with Crippen molar-refractivity contribution in [2.24, 2.45) is 0 Å². The maximum atomic E-state index is 13.0. The lowest BCUT2D eigenvalue weighted by Gasteiger charge is -2.26. The highest BCUT2D eigenvalue weighted by molar-refractivity contribution is 7.89. The number of hydrogen-bond donors (Lipinski definition) is 0. The number of sulfonamides is 1. The average Bonchev–Trinajstić information content (AvgIpc) is 3.28. The van der Waals surface area contributed by atoms with Crippen molar-refractivity contribution in [1.82, 2.24) is 9.29 Å². The molecular weight excluding hydrogens is 420 g/mol. The first-order chi connectivity index (χ1) is 14.9. The molecule has 9 heteroatoms. The molecule has 1 aliphatic heterocycles. The monoisotopic (exact) mass is 442 g/mol. The Balaban J connectivity index is 1.47. The standard InChI is InChI=1S/C22H22N2O6S/c1-16-7-8-18(13-20(16)31(26,27)24-9-11-28-12-10-24)22(25)29-15-21-23-14-19(30-21)17-5-3-2-4-6-17/h2-8,13-14H,9-12,15H2,1H3. The number of aromatic nitrogens is 1. The van der Waals surface area contributed by atoms with E-state index in [1.54, 1.807) is 25.3 Å². The largest absolute Gasteiger partial charge is 0.452 e. The van der Waals surface area contributed by atoms with Crippen LogP contribution >= 0.6 is 0 Å². The summed E-state index contributed by atoms with van der Waals surface area (Å²) in [7, 11) is -3.73. The van der Waals surface area contributed by atoms with Gasteiger partial charge in [0.2, 0.25) is 15.9 Å². The molecule has 0 saturated carbocycles. The minimum absolute atomic E-state index is 0.0892. The highest BCUT2D eigenvalue weighted by Gasteiger charge is 2.28. The van der Waals surface area contributed by atoms with Gasteiger partial charge < -0.3 is 13.9 Å². The van der Waals surface area contributed by atoms with Crippen molar-refractivity contribution in [3.8, 4) is 11.3 Å². The van der Waals surface area contributed by atoms with Crippen molar-refractivity contribution in [3.05, 3.63) is 71.7 Å². The summed E-state index contributed by atoms with van der Waals surface area (Å²) in [6.45, 7) is 2.79. The van der Waals surface area contributed by atoms with E-state index in [4.69, 9.17) is 13.9 Å². The Bertz CT molecular complexity index is 1170. The average molecular weight is 442 g/mol. The SMILES string of the molecule is Cc1ccc(C(=O)OCc2ncc(-c3ccccc3)o2)cc1S(=O)(=O)N1CCOCC1. The van der Waals surface area contributed by atoms with Crippen LogP contribution in [0.5, 0.6) is 0 Å². The minimum Gasteiger partial charge on any atom is -0.452 e. The Kier molecular flexibility index (Phi) is 6.17. The van der Waals surface area contributed by atoms with E-state index in [1.165, 1.54) is 10.4 Å². The summed E-state index contributed by atoms with van der Waals surface area (Å²) in [6, 6.07) is 13.9. The lowest BCUT2D eigenvalue weighted by Crippen LogP contribution is -2.40. The normalized spacial score (nSPS) is 15.0. The molecule has 2 aromatic carbocycles. The third-order valence-corrected chi connectivity index (χ3v) is 6.99. The molecular formula is C22H22N2O6S. The molecule has 0 bridgehead atoms. The lowest BCUT2D eigenvalue weighted by atomic mass is 10.1. The van der Waals surface area contributed by atoms with Crippen molar-refractivity contribution in [3.63, 3.8) is 0 Å². The Labute approximate surface area is 180 Å². The highest BCUT2D eigenvalue weighted by atomic mass is 32.2. The molecule has 3 aromatic rings. The Hall–Kier alpha value is -3.01. The number of carbonyl (C=O) groups is 1. The summed E-state index contributed by atoms with van der Waals surface area (Å²) in [5, 5.41) is 0. The zero-order valence-corrected chi connectivity index (χ0v) is 17.8. The van der Waals surface area contributed by atoms with Gasteiger partial charge in [0.05, 0.1) is 29.9 Å². The van der Waals surface area contributed by atoms with Crippen molar-refractivity contribution < 1.29 is 27.1 Å². The van der Waals surface area contributed by atoms with Gasteiger partial charge in [-0.05, 0) is 24.6 Å². The summed E-state index contributed by atoms with van der Waals surface area (Å²) < 4.78 is 43.5. The number of morpholine rings is 1. The van der Waals surface area contributed by atoms with Gasteiger partial charge in [0.25, 0.3) is 0 Å². The molecule has 8 nitrogen and oxygen atoms in total. The van der Waals surface area contributed by atoms with E-state index in [0.717, 1.165) is 5.56 Å². The number of benzene rings is 2. The van der Waals surface area contributed by atoms with Crippen molar-refractivity contribution in [1.29, 1.82) is 0 Å². The van der Waals surface area contributed by atoms with Crippen LogP contribution in [0.3, 0.4) is 0 Å². The van der Waals surface area contributed by atoms with E-state index in [2.05, 4.69) is 4.98 Å². The molecule has 31 heavy (non-hydrogen) atoms. The van der Waals surface area contributed by atoms with Gasteiger partial charge in [-0.25, -0.2) is 18.2 Å². The fourth-order valence-electron chi connectivity index (χ4n) is 3.25. The Morgan fingerprint density at radius 2 is 1.87 bits per heavy atom. The van der Waals surface area contributed by atoms with E-state index in [9.17, 15) is 13.2 Å². The van der Waals surface area contributed by atoms with Gasteiger partial charge in [-0.3, -0.25) is 0 Å². The second-order valence-corrected chi connectivity index (χ2v) is 8.96. The molecule has 0 N–H and O–H groups in total. The van der Waals surface area contributed by atoms with Crippen molar-refractivity contribution in [2.75, 3.05) is 26.3 Å². The van der Waals surface area contributed by atoms with Crippen LogP contribution in [0, 0.1) is 6.92 Å². The highest BCUT2D eigenvalue weighted by Crippen LogP contribution is 2.24. The van der Waals surface area contributed by atoms with Gasteiger partial charge in [-0.15, -0.1) is 0 Å². The van der Waals surface area contributed by atoms with Crippen LogP contribution in [-0.2, 0) is 26.1 Å². The predicted molar refractivity (Wildman–Crippen MR) is 112 cm³/mol. The molecule has 0 spiro atoms. The Morgan fingerprint density at radius 1 is 1.13 bits per heavy atom. The molecule has 162 valence electrons. The fourth-order valence-corrected chi connectivity index (χ4v) is 4.91. The third-order valence-electron chi connectivity index (χ3n) is 4.95. The van der Waals surface area contributed by atoms with Crippen LogP contribution in [0.15, 0.2) is 64.0 Å². The molecule has 0 unspecified atom stereocenters. The summed E-state index contributed by atoms with van der Waals surface area (Å²) in [6.07, 6.45) is 1.57. The third kappa shape index (κ3) is 4.68. The molecule has 0 amide bonds. The quantitative estimate of drug-likeness (QED) is 0.541. The summed E-state index contributed by atoms with van der Waals surface area (Å²) in [4.78, 5) is 16.8. The smallest absolute Gasteiger partial charge is 0.338 e. The van der Waals surface area contributed by atoms with Crippen LogP contribution in [0.4, 0.5) is 0 Å². The van der Waals surface area contributed by atoms with E-state index >= 15 is 0 Å².